The Morgan fingerprint density at radius 2 is 1.77 bits per heavy atom. The summed E-state index contributed by atoms with van der Waals surface area (Å²) in [6.07, 6.45) is -2.23. The van der Waals surface area contributed by atoms with Gasteiger partial charge in [0.15, 0.2) is 6.29 Å². The normalized spacial score (nSPS) is 20.6. The molecule has 0 saturated carbocycles. The van der Waals surface area contributed by atoms with Crippen molar-refractivity contribution in [3.8, 4) is 5.75 Å². The molecule has 4 rings (SSSR count). The smallest absolute Gasteiger partial charge is 0.325 e. The van der Waals surface area contributed by atoms with E-state index in [0.29, 0.717) is 29.9 Å². The number of carbonyl (C=O) groups excluding carboxylic acids is 2. The highest BCUT2D eigenvalue weighted by Crippen LogP contribution is 2.42. The van der Waals surface area contributed by atoms with Crippen LogP contribution in [-0.2, 0) is 25.6 Å². The Balaban J connectivity index is 1.51. The SMILES string of the molecule is CCOC(=O)CNC(=O)Nc1cccc(C2OC(CN(C)CC(O)c3cccc(O)c3)C(C)C(c3ccc(CO)cc3)O2)c1. The van der Waals surface area contributed by atoms with Crippen molar-refractivity contribution in [2.75, 3.05) is 38.6 Å². The summed E-state index contributed by atoms with van der Waals surface area (Å²) in [5.74, 6) is -0.517. The van der Waals surface area contributed by atoms with E-state index in [1.54, 1.807) is 49.4 Å². The summed E-state index contributed by atoms with van der Waals surface area (Å²) in [6.45, 7) is 4.46. The van der Waals surface area contributed by atoms with Crippen molar-refractivity contribution >= 4 is 17.7 Å². The van der Waals surface area contributed by atoms with Crippen molar-refractivity contribution in [3.63, 3.8) is 0 Å². The van der Waals surface area contributed by atoms with Crippen molar-refractivity contribution in [1.82, 2.24) is 10.2 Å². The molecule has 5 unspecified atom stereocenters. The summed E-state index contributed by atoms with van der Waals surface area (Å²) in [6, 6.07) is 20.7. The minimum Gasteiger partial charge on any atom is -0.508 e. The first-order chi connectivity index (χ1) is 21.2. The minimum absolute atomic E-state index is 0.0603. The van der Waals surface area contributed by atoms with Crippen molar-refractivity contribution in [2.24, 2.45) is 5.92 Å². The largest absolute Gasteiger partial charge is 0.508 e. The molecular formula is C33H41N3O8. The summed E-state index contributed by atoms with van der Waals surface area (Å²) >= 11 is 0. The Kier molecular flexibility index (Phi) is 11.7. The maximum atomic E-state index is 12.4. The van der Waals surface area contributed by atoms with Gasteiger partial charge in [-0.3, -0.25) is 4.79 Å². The number of carbonyl (C=O) groups is 2. The second kappa shape index (κ2) is 15.6. The molecule has 3 aromatic rings. The molecular weight excluding hydrogens is 566 g/mol. The summed E-state index contributed by atoms with van der Waals surface area (Å²) in [5.41, 5.74) is 3.52. The van der Waals surface area contributed by atoms with Gasteiger partial charge < -0.3 is 45.1 Å². The molecule has 0 radical (unpaired) electrons. The summed E-state index contributed by atoms with van der Waals surface area (Å²) < 4.78 is 17.9. The monoisotopic (exact) mass is 607 g/mol. The van der Waals surface area contributed by atoms with Crippen molar-refractivity contribution in [3.05, 3.63) is 95.1 Å². The molecule has 2 amide bonds. The molecule has 236 valence electrons. The highest BCUT2D eigenvalue weighted by Gasteiger charge is 2.39. The van der Waals surface area contributed by atoms with Gasteiger partial charge in [-0.05, 0) is 54.9 Å². The number of aliphatic hydroxyl groups is 2. The molecule has 3 aromatic carbocycles. The zero-order valence-corrected chi connectivity index (χ0v) is 25.2. The van der Waals surface area contributed by atoms with Gasteiger partial charge in [0.25, 0.3) is 0 Å². The standard InChI is InChI=1S/C33H41N3O8/c1-4-42-30(40)17-34-33(41)35-26-9-5-8-25(15-26)32-43-29(19-36(3)18-28(39)24-7-6-10-27(38)16-24)21(2)31(44-32)23-13-11-22(20-37)12-14-23/h5-16,21,28-29,31-32,37-39H,4,17-20H2,1-3H3,(H2,34,35,41). The van der Waals surface area contributed by atoms with Crippen LogP contribution in [0.15, 0.2) is 72.8 Å². The molecule has 0 aromatic heterocycles. The predicted molar refractivity (Wildman–Crippen MR) is 164 cm³/mol. The first-order valence-electron chi connectivity index (χ1n) is 14.6. The van der Waals surface area contributed by atoms with Crippen LogP contribution in [0.25, 0.3) is 0 Å². The van der Waals surface area contributed by atoms with Crippen LogP contribution in [0.3, 0.4) is 0 Å². The Labute approximate surface area is 257 Å². The van der Waals surface area contributed by atoms with Crippen LogP contribution in [0.1, 0.15) is 54.6 Å². The van der Waals surface area contributed by atoms with E-state index < -0.39 is 24.4 Å². The highest BCUT2D eigenvalue weighted by atomic mass is 16.7. The summed E-state index contributed by atoms with van der Waals surface area (Å²) in [5, 5.41) is 35.3. The van der Waals surface area contributed by atoms with Crippen molar-refractivity contribution in [1.29, 1.82) is 0 Å². The predicted octanol–water partition coefficient (Wildman–Crippen LogP) is 4.03. The molecule has 1 aliphatic rings. The molecule has 5 atom stereocenters. The lowest BCUT2D eigenvalue weighted by Gasteiger charge is -2.42. The number of nitrogens with one attached hydrogen (secondary N) is 2. The number of hydrogen-bond acceptors (Lipinski definition) is 9. The molecule has 44 heavy (non-hydrogen) atoms. The third kappa shape index (κ3) is 9.01. The number of anilines is 1. The highest BCUT2D eigenvalue weighted by molar-refractivity contribution is 5.91. The van der Waals surface area contributed by atoms with E-state index >= 15 is 0 Å². The Morgan fingerprint density at radius 3 is 2.48 bits per heavy atom. The molecule has 1 aliphatic heterocycles. The van der Waals surface area contributed by atoms with Crippen LogP contribution in [0, 0.1) is 5.92 Å². The quantitative estimate of drug-likeness (QED) is 0.192. The maximum Gasteiger partial charge on any atom is 0.325 e. The maximum absolute atomic E-state index is 12.4. The number of esters is 1. The number of urea groups is 1. The number of amides is 2. The van der Waals surface area contributed by atoms with Gasteiger partial charge in [0.1, 0.15) is 12.3 Å². The number of rotatable bonds is 12. The average molecular weight is 608 g/mol. The van der Waals surface area contributed by atoms with Gasteiger partial charge >= 0.3 is 12.0 Å². The molecule has 11 heteroatoms. The summed E-state index contributed by atoms with van der Waals surface area (Å²) in [7, 11) is 1.90. The number of likely N-dealkylation sites (N-methyl/N-ethyl adjacent to an activating group) is 1. The number of benzene rings is 3. The third-order valence-electron chi connectivity index (χ3n) is 7.47. The zero-order valence-electron chi connectivity index (χ0n) is 25.2. The second-order valence-corrected chi connectivity index (χ2v) is 10.9. The topological polar surface area (TPSA) is 150 Å². The lowest BCUT2D eigenvalue weighted by atomic mass is 9.90. The minimum atomic E-state index is -0.808. The van der Waals surface area contributed by atoms with Crippen molar-refractivity contribution in [2.45, 2.75) is 45.1 Å². The fraction of sp³-hybridized carbons (Fsp3) is 0.394. The summed E-state index contributed by atoms with van der Waals surface area (Å²) in [4.78, 5) is 25.9. The lowest BCUT2D eigenvalue weighted by molar-refractivity contribution is -0.276. The van der Waals surface area contributed by atoms with Gasteiger partial charge in [0, 0.05) is 30.3 Å². The fourth-order valence-electron chi connectivity index (χ4n) is 5.15. The first kappa shape index (κ1) is 32.9. The van der Waals surface area contributed by atoms with Gasteiger partial charge in [-0.2, -0.15) is 0 Å². The van der Waals surface area contributed by atoms with Gasteiger partial charge in [0.2, 0.25) is 0 Å². The number of ether oxygens (including phenoxy) is 3. The molecule has 0 spiro atoms. The van der Waals surface area contributed by atoms with Gasteiger partial charge in [0.05, 0.1) is 31.5 Å². The van der Waals surface area contributed by atoms with Crippen LogP contribution >= 0.6 is 0 Å². The average Bonchev–Trinajstić information content (AvgIpc) is 3.01. The van der Waals surface area contributed by atoms with Crippen LogP contribution in [0.4, 0.5) is 10.5 Å². The van der Waals surface area contributed by atoms with Crippen LogP contribution in [0.2, 0.25) is 0 Å². The third-order valence-corrected chi connectivity index (χ3v) is 7.47. The van der Waals surface area contributed by atoms with Gasteiger partial charge in [-0.25, -0.2) is 4.79 Å². The van der Waals surface area contributed by atoms with E-state index in [1.165, 1.54) is 0 Å². The lowest BCUT2D eigenvalue weighted by Crippen LogP contribution is -2.44. The fourth-order valence-corrected chi connectivity index (χ4v) is 5.15. The number of phenolic OH excluding ortho intramolecular Hbond substituents is 1. The van der Waals surface area contributed by atoms with Crippen LogP contribution < -0.4 is 10.6 Å². The van der Waals surface area contributed by atoms with E-state index in [-0.39, 0.29) is 43.6 Å². The van der Waals surface area contributed by atoms with Crippen LogP contribution in [0.5, 0.6) is 5.75 Å². The molecule has 5 N–H and O–H groups in total. The number of phenols is 1. The number of hydrogen-bond donors (Lipinski definition) is 5. The van der Waals surface area contributed by atoms with Crippen molar-refractivity contribution < 1.29 is 39.1 Å². The molecule has 1 saturated heterocycles. The number of nitrogens with zero attached hydrogens (tertiary/aromatic N) is 1. The van der Waals surface area contributed by atoms with Gasteiger partial charge in [-0.1, -0.05) is 55.5 Å². The molecule has 1 fully saturated rings. The number of aromatic hydroxyl groups is 1. The zero-order chi connectivity index (χ0) is 31.6. The molecule has 1 heterocycles. The second-order valence-electron chi connectivity index (χ2n) is 10.9. The Morgan fingerprint density at radius 1 is 1.02 bits per heavy atom. The van der Waals surface area contributed by atoms with E-state index in [0.717, 1.165) is 11.1 Å². The Hall–Kier alpha value is -4.00. The molecule has 0 aliphatic carbocycles. The van der Waals surface area contributed by atoms with E-state index in [1.807, 2.05) is 42.3 Å². The molecule has 0 bridgehead atoms. The van der Waals surface area contributed by atoms with E-state index in [2.05, 4.69) is 17.6 Å². The van der Waals surface area contributed by atoms with Crippen LogP contribution in [-0.4, -0.2) is 71.6 Å². The van der Waals surface area contributed by atoms with Gasteiger partial charge in [-0.15, -0.1) is 0 Å². The molecule has 11 nitrogen and oxygen atoms in total. The number of aliphatic hydroxyl groups excluding tert-OH is 2. The van der Waals surface area contributed by atoms with E-state index in [9.17, 15) is 24.9 Å². The first-order valence-corrected chi connectivity index (χ1v) is 14.6. The van der Waals surface area contributed by atoms with E-state index in [4.69, 9.17) is 14.2 Å². The Bertz CT molecular complexity index is 1390.